The highest BCUT2D eigenvalue weighted by Crippen LogP contribution is 2.28. The van der Waals surface area contributed by atoms with Crippen molar-refractivity contribution in [3.63, 3.8) is 0 Å². The first-order valence-electron chi connectivity index (χ1n) is 15.7. The Labute approximate surface area is 285 Å². The van der Waals surface area contributed by atoms with E-state index in [0.29, 0.717) is 38.1 Å². The maximum absolute atomic E-state index is 13.4. The number of benzene rings is 1. The lowest BCUT2D eigenvalue weighted by Gasteiger charge is -2.28. The Balaban J connectivity index is 1.55. The number of fused-ring (bicyclic) bond motifs is 1. The SMILES string of the molecule is NCC1CCC(C(=O)N[C@H](Cc2c[nH]c3ccc(I)cc23)C(=O)NCCCC[C@H](NC(=O)N[C@@H](CCC(=O)O)C(=O)O)C(=O)O)CC1. The molecule has 0 radical (unpaired) electrons. The summed E-state index contributed by atoms with van der Waals surface area (Å²) in [5.41, 5.74) is 7.60. The van der Waals surface area contributed by atoms with Gasteiger partial charge in [0.25, 0.3) is 0 Å². The van der Waals surface area contributed by atoms with E-state index in [0.717, 1.165) is 32.9 Å². The molecule has 16 heteroatoms. The average Bonchev–Trinajstić information content (AvgIpc) is 3.42. The third kappa shape index (κ3) is 12.0. The molecule has 3 atom stereocenters. The van der Waals surface area contributed by atoms with E-state index in [1.165, 1.54) is 0 Å². The molecule has 47 heavy (non-hydrogen) atoms. The highest BCUT2D eigenvalue weighted by Gasteiger charge is 2.30. The van der Waals surface area contributed by atoms with E-state index in [1.807, 2.05) is 24.4 Å². The van der Waals surface area contributed by atoms with Crippen molar-refractivity contribution in [2.75, 3.05) is 13.1 Å². The van der Waals surface area contributed by atoms with Gasteiger partial charge >= 0.3 is 23.9 Å². The van der Waals surface area contributed by atoms with Gasteiger partial charge < -0.3 is 47.3 Å². The Bertz CT molecular complexity index is 1430. The minimum Gasteiger partial charge on any atom is -0.481 e. The summed E-state index contributed by atoms with van der Waals surface area (Å²) in [5.74, 6) is -4.35. The monoisotopic (exact) mass is 770 g/mol. The van der Waals surface area contributed by atoms with Gasteiger partial charge in [0, 0.05) is 46.0 Å². The number of unbranched alkanes of at least 4 members (excludes halogenated alkanes) is 1. The molecule has 1 heterocycles. The van der Waals surface area contributed by atoms with Crippen LogP contribution < -0.4 is 27.0 Å². The van der Waals surface area contributed by atoms with Gasteiger partial charge in [-0.1, -0.05) is 0 Å². The lowest BCUT2D eigenvalue weighted by molar-refractivity contribution is -0.141. The number of carboxylic acid groups (broad SMARTS) is 3. The van der Waals surface area contributed by atoms with E-state index in [9.17, 15) is 39.0 Å². The predicted octanol–water partition coefficient (Wildman–Crippen LogP) is 1.92. The first-order chi connectivity index (χ1) is 22.4. The van der Waals surface area contributed by atoms with Crippen molar-refractivity contribution in [2.45, 2.75) is 82.3 Å². The third-order valence-electron chi connectivity index (χ3n) is 8.41. The normalized spacial score (nSPS) is 18.0. The lowest BCUT2D eigenvalue weighted by atomic mass is 9.81. The standard InChI is InChI=1S/C31H43IN6O9/c32-20-8-9-22-21(14-20)19(16-35-22)13-25(36-27(41)18-6-4-17(15-33)5-7-18)28(42)34-12-2-1-3-23(29(43)44)37-31(47)38-24(30(45)46)10-11-26(39)40/h8-9,14,16-18,23-25,35H,1-7,10-13,15,33H2,(H,34,42)(H,36,41)(H,39,40)(H,43,44)(H,45,46)(H2,37,38,47)/t17?,18?,23-,24-,25+/m0/s1. The van der Waals surface area contributed by atoms with Gasteiger partial charge in [-0.05, 0) is 110 Å². The second-order valence-corrected chi connectivity index (χ2v) is 13.1. The summed E-state index contributed by atoms with van der Waals surface area (Å²) >= 11 is 2.22. The minimum atomic E-state index is -1.50. The molecule has 0 unspecified atom stereocenters. The zero-order chi connectivity index (χ0) is 34.5. The molecule has 1 aliphatic carbocycles. The van der Waals surface area contributed by atoms with Crippen molar-refractivity contribution in [2.24, 2.45) is 17.6 Å². The fourth-order valence-electron chi connectivity index (χ4n) is 5.65. The van der Waals surface area contributed by atoms with Gasteiger partial charge in [0.05, 0.1) is 0 Å². The van der Waals surface area contributed by atoms with Gasteiger partial charge in [0.2, 0.25) is 11.8 Å². The summed E-state index contributed by atoms with van der Waals surface area (Å²) in [6.45, 7) is 0.780. The van der Waals surface area contributed by atoms with Crippen molar-refractivity contribution in [3.05, 3.63) is 33.5 Å². The van der Waals surface area contributed by atoms with Gasteiger partial charge in [0.15, 0.2) is 0 Å². The van der Waals surface area contributed by atoms with Crippen LogP contribution in [0.25, 0.3) is 10.9 Å². The van der Waals surface area contributed by atoms with Crippen LogP contribution in [0.15, 0.2) is 24.4 Å². The molecule has 1 aliphatic rings. The Hall–Kier alpha value is -3.93. The number of urea groups is 1. The summed E-state index contributed by atoms with van der Waals surface area (Å²) < 4.78 is 1.03. The number of hydrogen-bond donors (Lipinski definition) is 9. The summed E-state index contributed by atoms with van der Waals surface area (Å²) in [5, 5.41) is 38.6. The number of aromatic amines is 1. The maximum atomic E-state index is 13.4. The number of carbonyl (C=O) groups is 6. The average molecular weight is 771 g/mol. The molecule has 3 rings (SSSR count). The first kappa shape index (κ1) is 37.5. The van der Waals surface area contributed by atoms with Crippen LogP contribution in [0.3, 0.4) is 0 Å². The Morgan fingerprint density at radius 2 is 1.55 bits per heavy atom. The van der Waals surface area contributed by atoms with Crippen LogP contribution in [0.1, 0.15) is 63.4 Å². The zero-order valence-electron chi connectivity index (χ0n) is 25.9. The second-order valence-electron chi connectivity index (χ2n) is 11.8. The van der Waals surface area contributed by atoms with Gasteiger partial charge in [-0.15, -0.1) is 0 Å². The summed E-state index contributed by atoms with van der Waals surface area (Å²) in [7, 11) is 0. The van der Waals surface area contributed by atoms with Crippen molar-refractivity contribution < 1.29 is 44.1 Å². The second kappa shape index (κ2) is 18.4. The van der Waals surface area contributed by atoms with Crippen molar-refractivity contribution in [1.82, 2.24) is 26.3 Å². The summed E-state index contributed by atoms with van der Waals surface area (Å²) in [4.78, 5) is 75.9. The Kier molecular flexibility index (Phi) is 14.7. The molecular formula is C31H43IN6O9. The lowest BCUT2D eigenvalue weighted by Crippen LogP contribution is -2.51. The van der Waals surface area contributed by atoms with Gasteiger partial charge in [-0.2, -0.15) is 0 Å². The Morgan fingerprint density at radius 3 is 2.17 bits per heavy atom. The molecular weight excluding hydrogens is 727 g/mol. The molecule has 2 aromatic rings. The van der Waals surface area contributed by atoms with Crippen LogP contribution in [-0.2, 0) is 30.4 Å². The summed E-state index contributed by atoms with van der Waals surface area (Å²) in [6.07, 6.45) is 5.04. The van der Waals surface area contributed by atoms with Crippen LogP contribution in [-0.4, -0.2) is 87.3 Å². The predicted molar refractivity (Wildman–Crippen MR) is 179 cm³/mol. The minimum absolute atomic E-state index is 0.00883. The fraction of sp³-hybridized carbons (Fsp3) is 0.548. The molecule has 1 fully saturated rings. The molecule has 1 saturated carbocycles. The van der Waals surface area contributed by atoms with E-state index >= 15 is 0 Å². The number of aromatic nitrogens is 1. The highest BCUT2D eigenvalue weighted by atomic mass is 127. The molecule has 0 bridgehead atoms. The molecule has 0 saturated heterocycles. The summed E-state index contributed by atoms with van der Waals surface area (Å²) in [6, 6.07) is 1.20. The molecule has 10 N–H and O–H groups in total. The van der Waals surface area contributed by atoms with Gasteiger partial charge in [-0.3, -0.25) is 14.4 Å². The van der Waals surface area contributed by atoms with E-state index in [-0.39, 0.29) is 43.5 Å². The number of H-pyrrole nitrogens is 1. The van der Waals surface area contributed by atoms with Crippen LogP contribution in [0.2, 0.25) is 0 Å². The van der Waals surface area contributed by atoms with Gasteiger partial charge in [0.1, 0.15) is 18.1 Å². The number of amides is 4. The smallest absolute Gasteiger partial charge is 0.326 e. The largest absolute Gasteiger partial charge is 0.481 e. The van der Waals surface area contributed by atoms with E-state index < -0.39 is 48.5 Å². The fourth-order valence-corrected chi connectivity index (χ4v) is 6.14. The number of hydrogen-bond acceptors (Lipinski definition) is 7. The zero-order valence-corrected chi connectivity index (χ0v) is 28.1. The van der Waals surface area contributed by atoms with E-state index in [2.05, 4.69) is 48.8 Å². The molecule has 1 aromatic carbocycles. The van der Waals surface area contributed by atoms with Crippen LogP contribution >= 0.6 is 22.6 Å². The number of carbonyl (C=O) groups excluding carboxylic acids is 3. The third-order valence-corrected chi connectivity index (χ3v) is 9.08. The molecule has 1 aromatic heterocycles. The maximum Gasteiger partial charge on any atom is 0.326 e. The number of rotatable bonds is 18. The molecule has 0 aliphatic heterocycles. The first-order valence-corrected chi connectivity index (χ1v) is 16.7. The molecule has 0 spiro atoms. The van der Waals surface area contributed by atoms with Crippen LogP contribution in [0, 0.1) is 15.4 Å². The number of nitrogens with one attached hydrogen (secondary N) is 5. The number of nitrogens with two attached hydrogens (primary N) is 1. The van der Waals surface area contributed by atoms with Crippen molar-refractivity contribution in [1.29, 1.82) is 0 Å². The quantitative estimate of drug-likeness (QED) is 0.0787. The highest BCUT2D eigenvalue weighted by molar-refractivity contribution is 14.1. The van der Waals surface area contributed by atoms with Gasteiger partial charge in [-0.25, -0.2) is 14.4 Å². The van der Waals surface area contributed by atoms with E-state index in [1.54, 1.807) is 0 Å². The molecule has 15 nitrogen and oxygen atoms in total. The van der Waals surface area contributed by atoms with E-state index in [4.69, 9.17) is 10.8 Å². The van der Waals surface area contributed by atoms with Crippen molar-refractivity contribution in [3.8, 4) is 0 Å². The van der Waals surface area contributed by atoms with Crippen molar-refractivity contribution >= 4 is 69.2 Å². The number of carboxylic acids is 3. The number of aliphatic carboxylic acids is 3. The molecule has 4 amide bonds. The topological polar surface area (TPSA) is 253 Å². The number of halogens is 1. The Morgan fingerprint density at radius 1 is 0.894 bits per heavy atom. The van der Waals surface area contributed by atoms with Crippen LogP contribution in [0.5, 0.6) is 0 Å². The van der Waals surface area contributed by atoms with Crippen LogP contribution in [0.4, 0.5) is 4.79 Å². The molecule has 258 valence electrons.